The van der Waals surface area contributed by atoms with Crippen LogP contribution < -0.4 is 9.80 Å². The molecule has 0 fully saturated rings. The van der Waals surface area contributed by atoms with Gasteiger partial charge in [-0.3, -0.25) is 0 Å². The highest BCUT2D eigenvalue weighted by Gasteiger charge is 2.38. The number of nitrogens with zero attached hydrogens (tertiary/aromatic N) is 4. The number of aromatic nitrogens is 2. The van der Waals surface area contributed by atoms with Gasteiger partial charge in [-0.1, -0.05) is 147 Å². The molecule has 0 spiro atoms. The minimum absolute atomic E-state index is 0.179. The van der Waals surface area contributed by atoms with Gasteiger partial charge in [0.15, 0.2) is 11.2 Å². The maximum absolute atomic E-state index is 7.17. The van der Waals surface area contributed by atoms with Crippen molar-refractivity contribution in [3.63, 3.8) is 0 Å². The molecule has 2 unspecified atom stereocenters. The second-order valence-electron chi connectivity index (χ2n) is 23.7. The number of aryl methyl sites for hydroxylation is 2. The van der Waals surface area contributed by atoms with Gasteiger partial charge < -0.3 is 27.4 Å². The molecule has 3 aliphatic carbocycles. The smallest absolute Gasteiger partial charge is 0.163 e. The molecule has 0 bridgehead atoms. The topological polar surface area (TPSA) is 41.6 Å². The van der Waals surface area contributed by atoms with E-state index in [0.29, 0.717) is 5.92 Å². The van der Waals surface area contributed by atoms with Gasteiger partial charge in [0, 0.05) is 65.9 Å². The molecule has 0 amide bonds. The Morgan fingerprint density at radius 2 is 1.06 bits per heavy atom. The maximum Gasteiger partial charge on any atom is 0.163 e. The lowest BCUT2D eigenvalue weighted by Gasteiger charge is -2.29. The second kappa shape index (κ2) is 15.9. The minimum atomic E-state index is 0.179. The van der Waals surface area contributed by atoms with Crippen molar-refractivity contribution >= 4 is 138 Å². The van der Waals surface area contributed by atoms with Gasteiger partial charge in [0.25, 0.3) is 0 Å². The number of fused-ring (bicyclic) bond motifs is 21. The standard InChI is InChI=1S/C76H52N4O2/c1-41-16-11-19-45(36-41)77(60-28-14-26-49-48-25-13-18-43(3)56(48)38-57(49)60)61-34-32-52-58-40-65-59(39-64(58)79-71-51-23-6-5-21-47(51)44(4)68(71)69(61)72(52)79)53-33-35-62(70-73(53)80(65)74-55-24-8-10-31-67(55)82-76(70)74)78(46-20-12-17-42(2)37-46)63-29-15-27-54-50-22-7-9-30-66(50)81-75(54)63/h5-17,19-37,39-40,43-44H,18,38H2,1-4H3. The predicted molar refractivity (Wildman–Crippen MR) is 341 cm³/mol. The van der Waals surface area contributed by atoms with Crippen molar-refractivity contribution in [1.29, 1.82) is 0 Å². The second-order valence-corrected chi connectivity index (χ2v) is 23.7. The molecular weight excluding hydrogens is 1000 g/mol. The average Bonchev–Trinajstić information content (AvgIpc) is 1.65. The fraction of sp³-hybridized carbons (Fsp3) is 0.105. The van der Waals surface area contributed by atoms with E-state index in [-0.39, 0.29) is 5.92 Å². The summed E-state index contributed by atoms with van der Waals surface area (Å²) in [5, 5.41) is 10.6. The lowest BCUT2D eigenvalue weighted by molar-refractivity contribution is 0.669. The summed E-state index contributed by atoms with van der Waals surface area (Å²) in [6.45, 7) is 9.22. The number of para-hydroxylation sites is 3. The van der Waals surface area contributed by atoms with Gasteiger partial charge in [0.2, 0.25) is 0 Å². The molecular formula is C76H52N4O2. The van der Waals surface area contributed by atoms with Gasteiger partial charge in [-0.05, 0) is 150 Å². The molecule has 19 rings (SSSR count). The molecule has 3 aliphatic rings. The van der Waals surface area contributed by atoms with Crippen LogP contribution in [-0.4, -0.2) is 8.80 Å². The summed E-state index contributed by atoms with van der Waals surface area (Å²) in [5.41, 5.74) is 29.6. The van der Waals surface area contributed by atoms with Gasteiger partial charge in [0.1, 0.15) is 16.7 Å². The summed E-state index contributed by atoms with van der Waals surface area (Å²) in [6, 6.07) is 72.2. The third-order valence-corrected chi connectivity index (χ3v) is 19.2. The highest BCUT2D eigenvalue weighted by atomic mass is 16.3. The molecule has 6 aromatic heterocycles. The Kier molecular flexibility index (Phi) is 8.66. The molecule has 0 saturated heterocycles. The zero-order valence-electron chi connectivity index (χ0n) is 45.8. The largest absolute Gasteiger partial charge is 0.454 e. The first-order valence-corrected chi connectivity index (χ1v) is 29.0. The Balaban J connectivity index is 0.918. The van der Waals surface area contributed by atoms with Crippen molar-refractivity contribution < 1.29 is 8.83 Å². The Hall–Kier alpha value is -10.0. The van der Waals surface area contributed by atoms with Crippen LogP contribution in [0.3, 0.4) is 0 Å². The highest BCUT2D eigenvalue weighted by Crippen LogP contribution is 2.58. The average molecular weight is 1050 g/mol. The predicted octanol–water partition coefficient (Wildman–Crippen LogP) is 21.1. The highest BCUT2D eigenvalue weighted by molar-refractivity contribution is 6.32. The molecule has 388 valence electrons. The Morgan fingerprint density at radius 3 is 1.83 bits per heavy atom. The van der Waals surface area contributed by atoms with Crippen molar-refractivity contribution in [2.75, 3.05) is 9.80 Å². The molecule has 16 aromatic rings. The lowest BCUT2D eigenvalue weighted by atomic mass is 9.89. The van der Waals surface area contributed by atoms with Gasteiger partial charge in [-0.2, -0.15) is 0 Å². The molecule has 2 atom stereocenters. The Morgan fingerprint density at radius 1 is 0.463 bits per heavy atom. The summed E-state index contributed by atoms with van der Waals surface area (Å²) >= 11 is 0. The van der Waals surface area contributed by atoms with Gasteiger partial charge >= 0.3 is 0 Å². The first-order valence-electron chi connectivity index (χ1n) is 29.0. The van der Waals surface area contributed by atoms with E-state index in [4.69, 9.17) is 8.83 Å². The summed E-state index contributed by atoms with van der Waals surface area (Å²) in [7, 11) is 0. The lowest BCUT2D eigenvalue weighted by Crippen LogP contribution is -2.13. The molecule has 6 heteroatoms. The summed E-state index contributed by atoms with van der Waals surface area (Å²) in [4.78, 5) is 5.01. The van der Waals surface area contributed by atoms with E-state index >= 15 is 0 Å². The van der Waals surface area contributed by atoms with E-state index < -0.39 is 0 Å². The summed E-state index contributed by atoms with van der Waals surface area (Å²) in [6.07, 6.45) is 6.82. The van der Waals surface area contributed by atoms with E-state index in [1.807, 2.05) is 0 Å². The fourth-order valence-electron chi connectivity index (χ4n) is 15.7. The maximum atomic E-state index is 7.17. The van der Waals surface area contributed by atoms with Crippen LogP contribution in [0.2, 0.25) is 0 Å². The first kappa shape index (κ1) is 44.8. The summed E-state index contributed by atoms with van der Waals surface area (Å²) < 4.78 is 19.2. The quantitative estimate of drug-likeness (QED) is 0.166. The van der Waals surface area contributed by atoms with Crippen molar-refractivity contribution in [3.05, 3.63) is 245 Å². The SMILES string of the molecule is Cc1cccc(N(c2cccc3c2CC2=C3C=CCC2C)c2ccc3c4cc5c(cc4n4c6c(c2c34)C(C)c2ccccc2-6)c2ccc(N(c3cccc(C)c3)c3cccc4c3oc3ccccc34)c3c4oc6ccccc6c4n5c23)c1. The number of rotatable bonds is 6. The van der Waals surface area contributed by atoms with Crippen LogP contribution in [0, 0.1) is 19.8 Å². The monoisotopic (exact) mass is 1050 g/mol. The fourth-order valence-corrected chi connectivity index (χ4v) is 15.7. The molecule has 0 saturated carbocycles. The number of anilines is 6. The number of benzene rings is 10. The first-order chi connectivity index (χ1) is 40.4. The molecule has 0 N–H and O–H groups in total. The van der Waals surface area contributed by atoms with Crippen LogP contribution in [0.5, 0.6) is 0 Å². The number of furan rings is 2. The van der Waals surface area contributed by atoms with E-state index in [9.17, 15) is 0 Å². The van der Waals surface area contributed by atoms with Crippen LogP contribution in [0.4, 0.5) is 34.1 Å². The minimum Gasteiger partial charge on any atom is -0.454 e. The van der Waals surface area contributed by atoms with E-state index in [2.05, 4.69) is 253 Å². The molecule has 82 heavy (non-hydrogen) atoms. The normalized spacial score (nSPS) is 15.9. The number of allylic oxidation sites excluding steroid dienone is 4. The van der Waals surface area contributed by atoms with Gasteiger partial charge in [0.05, 0.1) is 55.9 Å². The van der Waals surface area contributed by atoms with Crippen LogP contribution >= 0.6 is 0 Å². The van der Waals surface area contributed by atoms with Gasteiger partial charge in [-0.25, -0.2) is 0 Å². The van der Waals surface area contributed by atoms with Crippen LogP contribution in [0.15, 0.2) is 221 Å². The van der Waals surface area contributed by atoms with Gasteiger partial charge in [-0.15, -0.1) is 0 Å². The van der Waals surface area contributed by atoms with Crippen molar-refractivity contribution in [2.45, 2.75) is 46.5 Å². The van der Waals surface area contributed by atoms with E-state index in [1.165, 1.54) is 105 Å². The van der Waals surface area contributed by atoms with E-state index in [1.54, 1.807) is 5.57 Å². The third-order valence-electron chi connectivity index (χ3n) is 19.2. The number of hydrogen-bond acceptors (Lipinski definition) is 4. The molecule has 0 radical (unpaired) electrons. The Labute approximate surface area is 471 Å². The van der Waals surface area contributed by atoms with Crippen LogP contribution in [0.1, 0.15) is 59.6 Å². The van der Waals surface area contributed by atoms with E-state index in [0.717, 1.165) is 90.3 Å². The third kappa shape index (κ3) is 5.64. The zero-order chi connectivity index (χ0) is 54.0. The van der Waals surface area contributed by atoms with Crippen LogP contribution in [-0.2, 0) is 6.42 Å². The molecule has 0 aliphatic heterocycles. The molecule has 10 aromatic carbocycles. The van der Waals surface area contributed by atoms with Crippen molar-refractivity contribution in [1.82, 2.24) is 8.80 Å². The van der Waals surface area contributed by atoms with Crippen molar-refractivity contribution in [2.24, 2.45) is 5.92 Å². The van der Waals surface area contributed by atoms with Crippen molar-refractivity contribution in [3.8, 4) is 11.3 Å². The Bertz CT molecular complexity index is 5560. The molecule has 6 heterocycles. The number of hydrogen-bond donors (Lipinski definition) is 0. The summed E-state index contributed by atoms with van der Waals surface area (Å²) in [5.74, 6) is 0.694. The van der Waals surface area contributed by atoms with Crippen LogP contribution in [0.25, 0.3) is 115 Å². The molecule has 6 nitrogen and oxygen atoms in total. The zero-order valence-corrected chi connectivity index (χ0v) is 45.8.